The Bertz CT molecular complexity index is 272. The first-order valence-corrected chi connectivity index (χ1v) is 6.92. The highest BCUT2D eigenvalue weighted by atomic mass is 19.4. The Morgan fingerprint density at radius 1 is 1.17 bits per heavy atom. The van der Waals surface area contributed by atoms with Crippen molar-refractivity contribution in [2.75, 3.05) is 13.1 Å². The second-order valence-corrected chi connectivity index (χ2v) is 5.92. The van der Waals surface area contributed by atoms with E-state index in [1.807, 2.05) is 13.8 Å². The summed E-state index contributed by atoms with van der Waals surface area (Å²) in [7, 11) is 0. The van der Waals surface area contributed by atoms with Gasteiger partial charge in [-0.05, 0) is 45.1 Å². The number of alkyl halides is 3. The van der Waals surface area contributed by atoms with E-state index in [1.165, 1.54) is 12.8 Å². The minimum Gasteiger partial charge on any atom is -0.314 e. The van der Waals surface area contributed by atoms with Gasteiger partial charge in [-0.15, -0.1) is 0 Å². The Kier molecular flexibility index (Phi) is 4.22. The lowest BCUT2D eigenvalue weighted by molar-refractivity contribution is -0.153. The van der Waals surface area contributed by atoms with Crippen LogP contribution >= 0.6 is 0 Å². The van der Waals surface area contributed by atoms with Gasteiger partial charge in [0.15, 0.2) is 0 Å². The molecule has 0 bridgehead atoms. The van der Waals surface area contributed by atoms with Crippen molar-refractivity contribution in [3.05, 3.63) is 0 Å². The molecule has 0 radical (unpaired) electrons. The number of nitrogens with zero attached hydrogens (tertiary/aromatic N) is 1. The molecule has 2 nitrogen and oxygen atoms in total. The van der Waals surface area contributed by atoms with E-state index in [4.69, 9.17) is 0 Å². The summed E-state index contributed by atoms with van der Waals surface area (Å²) >= 11 is 0. The minimum atomic E-state index is -4.08. The SMILES string of the molecule is CC(CNC1CC1)C(C)N(CC(F)(F)F)C1CC1. The molecule has 106 valence electrons. The third kappa shape index (κ3) is 4.43. The summed E-state index contributed by atoms with van der Waals surface area (Å²) in [6.07, 6.45) is 0.193. The number of nitrogens with one attached hydrogen (secondary N) is 1. The molecule has 0 aromatic carbocycles. The average molecular weight is 264 g/mol. The molecule has 2 atom stereocenters. The highest BCUT2D eigenvalue weighted by Crippen LogP contribution is 2.33. The Labute approximate surface area is 107 Å². The van der Waals surface area contributed by atoms with E-state index < -0.39 is 12.7 Å². The lowest BCUT2D eigenvalue weighted by atomic mass is 10.0. The fourth-order valence-electron chi connectivity index (χ4n) is 2.36. The summed E-state index contributed by atoms with van der Waals surface area (Å²) in [4.78, 5) is 1.65. The smallest absolute Gasteiger partial charge is 0.314 e. The Balaban J connectivity index is 1.83. The van der Waals surface area contributed by atoms with Crippen molar-refractivity contribution in [2.24, 2.45) is 5.92 Å². The van der Waals surface area contributed by atoms with Gasteiger partial charge in [0.1, 0.15) is 0 Å². The predicted molar refractivity (Wildman–Crippen MR) is 65.4 cm³/mol. The van der Waals surface area contributed by atoms with Gasteiger partial charge in [0.2, 0.25) is 0 Å². The second-order valence-electron chi connectivity index (χ2n) is 5.92. The molecule has 2 unspecified atom stereocenters. The van der Waals surface area contributed by atoms with Gasteiger partial charge < -0.3 is 5.32 Å². The van der Waals surface area contributed by atoms with E-state index in [1.54, 1.807) is 4.90 Å². The first kappa shape index (κ1) is 14.1. The van der Waals surface area contributed by atoms with Crippen LogP contribution in [0.2, 0.25) is 0 Å². The Morgan fingerprint density at radius 2 is 1.78 bits per heavy atom. The molecule has 2 rings (SSSR count). The van der Waals surface area contributed by atoms with Crippen LogP contribution < -0.4 is 5.32 Å². The van der Waals surface area contributed by atoms with Crippen molar-refractivity contribution in [1.82, 2.24) is 10.2 Å². The Hall–Kier alpha value is -0.290. The first-order valence-electron chi connectivity index (χ1n) is 6.92. The van der Waals surface area contributed by atoms with Crippen LogP contribution in [0.15, 0.2) is 0 Å². The zero-order chi connectivity index (χ0) is 13.3. The normalized spacial score (nSPS) is 24.3. The van der Waals surface area contributed by atoms with Gasteiger partial charge in [-0.2, -0.15) is 13.2 Å². The van der Waals surface area contributed by atoms with Gasteiger partial charge in [-0.25, -0.2) is 0 Å². The van der Waals surface area contributed by atoms with Crippen molar-refractivity contribution in [1.29, 1.82) is 0 Å². The topological polar surface area (TPSA) is 15.3 Å². The van der Waals surface area contributed by atoms with Crippen LogP contribution in [0.5, 0.6) is 0 Å². The van der Waals surface area contributed by atoms with Gasteiger partial charge >= 0.3 is 6.18 Å². The van der Waals surface area contributed by atoms with Crippen LogP contribution in [0.4, 0.5) is 13.2 Å². The Morgan fingerprint density at radius 3 is 2.22 bits per heavy atom. The average Bonchev–Trinajstić information content (AvgIpc) is 3.14. The summed E-state index contributed by atoms with van der Waals surface area (Å²) in [6.45, 7) is 4.05. The zero-order valence-corrected chi connectivity index (χ0v) is 11.1. The van der Waals surface area contributed by atoms with Crippen molar-refractivity contribution in [2.45, 2.75) is 63.8 Å². The molecular formula is C13H23F3N2. The molecule has 0 heterocycles. The fourth-order valence-corrected chi connectivity index (χ4v) is 2.36. The summed E-state index contributed by atoms with van der Waals surface area (Å²) in [6, 6.07) is 0.770. The lowest BCUT2D eigenvalue weighted by Gasteiger charge is -2.34. The largest absolute Gasteiger partial charge is 0.401 e. The van der Waals surface area contributed by atoms with Crippen molar-refractivity contribution in [3.63, 3.8) is 0 Å². The molecule has 18 heavy (non-hydrogen) atoms. The molecule has 2 fully saturated rings. The summed E-state index contributed by atoms with van der Waals surface area (Å²) in [5.41, 5.74) is 0. The van der Waals surface area contributed by atoms with Crippen LogP contribution in [0.1, 0.15) is 39.5 Å². The zero-order valence-electron chi connectivity index (χ0n) is 11.1. The molecule has 5 heteroatoms. The molecule has 0 aliphatic heterocycles. The van der Waals surface area contributed by atoms with Gasteiger partial charge in [-0.1, -0.05) is 6.92 Å². The maximum Gasteiger partial charge on any atom is 0.401 e. The predicted octanol–water partition coefficient (Wildman–Crippen LogP) is 2.79. The minimum absolute atomic E-state index is 0.00891. The summed E-state index contributed by atoms with van der Waals surface area (Å²) < 4.78 is 37.8. The fraction of sp³-hybridized carbons (Fsp3) is 1.00. The highest BCUT2D eigenvalue weighted by Gasteiger charge is 2.41. The van der Waals surface area contributed by atoms with Crippen molar-refractivity contribution >= 4 is 0 Å². The van der Waals surface area contributed by atoms with Crippen LogP contribution in [0.25, 0.3) is 0 Å². The summed E-state index contributed by atoms with van der Waals surface area (Å²) in [5, 5.41) is 3.41. The van der Waals surface area contributed by atoms with E-state index in [9.17, 15) is 13.2 Å². The van der Waals surface area contributed by atoms with E-state index in [0.717, 1.165) is 19.4 Å². The van der Waals surface area contributed by atoms with Crippen LogP contribution in [0, 0.1) is 5.92 Å². The lowest BCUT2D eigenvalue weighted by Crippen LogP contribution is -2.47. The van der Waals surface area contributed by atoms with Crippen LogP contribution in [-0.4, -0.2) is 42.3 Å². The van der Waals surface area contributed by atoms with Gasteiger partial charge in [0.05, 0.1) is 6.54 Å². The molecule has 2 aliphatic carbocycles. The quantitative estimate of drug-likeness (QED) is 0.760. The molecule has 1 N–H and O–H groups in total. The standard InChI is InChI=1S/C13H23F3N2/c1-9(7-17-11-3-4-11)10(2)18(12-5-6-12)8-13(14,15)16/h9-12,17H,3-8H2,1-2H3. The number of rotatable bonds is 7. The molecule has 0 aromatic rings. The van der Waals surface area contributed by atoms with E-state index in [-0.39, 0.29) is 18.0 Å². The molecule has 0 saturated heterocycles. The third-order valence-electron chi connectivity index (χ3n) is 4.03. The molecule has 0 aromatic heterocycles. The molecule has 2 aliphatic rings. The van der Waals surface area contributed by atoms with Crippen LogP contribution in [-0.2, 0) is 0 Å². The van der Waals surface area contributed by atoms with E-state index in [2.05, 4.69) is 5.32 Å². The number of hydrogen-bond donors (Lipinski definition) is 1. The molecule has 0 amide bonds. The first-order chi connectivity index (χ1) is 8.37. The molecular weight excluding hydrogens is 241 g/mol. The third-order valence-corrected chi connectivity index (χ3v) is 4.03. The maximum absolute atomic E-state index is 12.6. The van der Waals surface area contributed by atoms with Gasteiger partial charge in [-0.3, -0.25) is 4.90 Å². The number of halogens is 3. The maximum atomic E-state index is 12.6. The number of hydrogen-bond acceptors (Lipinski definition) is 2. The van der Waals surface area contributed by atoms with Crippen LogP contribution in [0.3, 0.4) is 0 Å². The summed E-state index contributed by atoms with van der Waals surface area (Å²) in [5.74, 6) is 0.258. The van der Waals surface area contributed by atoms with Crippen molar-refractivity contribution in [3.8, 4) is 0 Å². The van der Waals surface area contributed by atoms with E-state index >= 15 is 0 Å². The van der Waals surface area contributed by atoms with E-state index in [0.29, 0.717) is 6.04 Å². The monoisotopic (exact) mass is 264 g/mol. The van der Waals surface area contributed by atoms with Crippen molar-refractivity contribution < 1.29 is 13.2 Å². The molecule has 0 spiro atoms. The molecule has 2 saturated carbocycles. The van der Waals surface area contributed by atoms with Gasteiger partial charge in [0.25, 0.3) is 0 Å². The van der Waals surface area contributed by atoms with Gasteiger partial charge in [0, 0.05) is 18.1 Å². The highest BCUT2D eigenvalue weighted by molar-refractivity contribution is 4.91. The second kappa shape index (κ2) is 5.37.